The summed E-state index contributed by atoms with van der Waals surface area (Å²) < 4.78 is 38.7. The van der Waals surface area contributed by atoms with Crippen molar-refractivity contribution in [2.45, 2.75) is 18.7 Å². The van der Waals surface area contributed by atoms with Crippen LogP contribution in [-0.4, -0.2) is 17.8 Å². The van der Waals surface area contributed by atoms with Crippen LogP contribution in [0.1, 0.15) is 23.7 Å². The second-order valence-corrected chi connectivity index (χ2v) is 4.29. The molecule has 0 aliphatic rings. The Kier molecular flexibility index (Phi) is 4.81. The minimum Gasteiger partial charge on any atom is -0.352 e. The van der Waals surface area contributed by atoms with Crippen LogP contribution in [0.5, 0.6) is 0 Å². The molecule has 1 N–H and O–H groups in total. The van der Waals surface area contributed by atoms with Gasteiger partial charge in [-0.1, -0.05) is 0 Å². The number of hydrogen-bond acceptors (Lipinski definition) is 1. The minimum atomic E-state index is -1.65. The molecule has 17 heavy (non-hydrogen) atoms. The Bertz CT molecular complexity index is 423. The van der Waals surface area contributed by atoms with Crippen LogP contribution in [0.2, 0.25) is 0 Å². The van der Waals surface area contributed by atoms with E-state index in [0.717, 1.165) is 6.07 Å². The fraction of sp³-hybridized carbons (Fsp3) is 0.364. The first-order valence-corrected chi connectivity index (χ1v) is 5.43. The van der Waals surface area contributed by atoms with Crippen LogP contribution in [0.25, 0.3) is 0 Å². The molecule has 1 unspecified atom stereocenters. The Labute approximate surface area is 102 Å². The first kappa shape index (κ1) is 13.8. The molecule has 0 aliphatic carbocycles. The van der Waals surface area contributed by atoms with Crippen LogP contribution in [0.3, 0.4) is 0 Å². The van der Waals surface area contributed by atoms with Crippen molar-refractivity contribution >= 4 is 17.5 Å². The molecule has 1 atom stereocenters. The predicted molar refractivity (Wildman–Crippen MR) is 58.6 cm³/mol. The molecule has 94 valence electrons. The zero-order valence-corrected chi connectivity index (χ0v) is 9.82. The van der Waals surface area contributed by atoms with Crippen molar-refractivity contribution in [1.29, 1.82) is 0 Å². The zero-order chi connectivity index (χ0) is 13.0. The standard InChI is InChI=1S/C11H11ClF3NO/c1-6(12)4-5-16-11(17)7-2-3-8(13)10(15)9(7)14/h2-3,6H,4-5H2,1H3,(H,16,17). The van der Waals surface area contributed by atoms with Crippen molar-refractivity contribution in [3.8, 4) is 0 Å². The summed E-state index contributed by atoms with van der Waals surface area (Å²) in [4.78, 5) is 11.4. The lowest BCUT2D eigenvalue weighted by molar-refractivity contribution is 0.0948. The van der Waals surface area contributed by atoms with Crippen LogP contribution in [0.15, 0.2) is 12.1 Å². The summed E-state index contributed by atoms with van der Waals surface area (Å²) in [6, 6.07) is 1.60. The van der Waals surface area contributed by atoms with Gasteiger partial charge in [0.15, 0.2) is 17.5 Å². The maximum atomic E-state index is 13.2. The summed E-state index contributed by atoms with van der Waals surface area (Å²) in [6.07, 6.45) is 0.499. The minimum absolute atomic E-state index is 0.134. The molecular weight excluding hydrogens is 255 g/mol. The van der Waals surface area contributed by atoms with Crippen molar-refractivity contribution in [2.75, 3.05) is 6.54 Å². The number of halogens is 4. The first-order valence-electron chi connectivity index (χ1n) is 4.99. The lowest BCUT2D eigenvalue weighted by Gasteiger charge is -2.07. The highest BCUT2D eigenvalue weighted by Crippen LogP contribution is 2.15. The van der Waals surface area contributed by atoms with Gasteiger partial charge in [0, 0.05) is 11.9 Å². The van der Waals surface area contributed by atoms with Crippen molar-refractivity contribution in [1.82, 2.24) is 5.32 Å². The molecule has 1 rings (SSSR count). The number of carbonyl (C=O) groups excluding carboxylic acids is 1. The van der Waals surface area contributed by atoms with E-state index >= 15 is 0 Å². The van der Waals surface area contributed by atoms with Gasteiger partial charge < -0.3 is 5.32 Å². The predicted octanol–water partition coefficient (Wildman–Crippen LogP) is 2.85. The number of nitrogens with one attached hydrogen (secondary N) is 1. The fourth-order valence-electron chi connectivity index (χ4n) is 1.18. The number of benzene rings is 1. The molecule has 0 fully saturated rings. The summed E-state index contributed by atoms with van der Waals surface area (Å²) in [7, 11) is 0. The van der Waals surface area contributed by atoms with Crippen LogP contribution in [0, 0.1) is 17.5 Å². The molecule has 0 radical (unpaired) electrons. The van der Waals surface area contributed by atoms with E-state index in [4.69, 9.17) is 11.6 Å². The Hall–Kier alpha value is -1.23. The molecule has 0 saturated carbocycles. The smallest absolute Gasteiger partial charge is 0.254 e. The van der Waals surface area contributed by atoms with Gasteiger partial charge in [0.25, 0.3) is 5.91 Å². The molecule has 1 amide bonds. The number of rotatable bonds is 4. The van der Waals surface area contributed by atoms with Crippen LogP contribution < -0.4 is 5.32 Å². The molecule has 6 heteroatoms. The molecule has 0 aromatic heterocycles. The SMILES string of the molecule is CC(Cl)CCNC(=O)c1ccc(F)c(F)c1F. The van der Waals surface area contributed by atoms with Gasteiger partial charge in [0.05, 0.1) is 5.56 Å². The largest absolute Gasteiger partial charge is 0.352 e. The molecular formula is C11H11ClF3NO. The monoisotopic (exact) mass is 265 g/mol. The zero-order valence-electron chi connectivity index (χ0n) is 9.07. The van der Waals surface area contributed by atoms with Gasteiger partial charge in [-0.05, 0) is 25.5 Å². The normalized spacial score (nSPS) is 12.3. The summed E-state index contributed by atoms with van der Waals surface area (Å²) in [5, 5.41) is 2.23. The summed E-state index contributed by atoms with van der Waals surface area (Å²) in [5.74, 6) is -5.25. The molecule has 0 bridgehead atoms. The highest BCUT2D eigenvalue weighted by atomic mass is 35.5. The number of carbonyl (C=O) groups is 1. The maximum absolute atomic E-state index is 13.2. The van der Waals surface area contributed by atoms with E-state index in [1.807, 2.05) is 0 Å². The van der Waals surface area contributed by atoms with E-state index in [-0.39, 0.29) is 11.9 Å². The lowest BCUT2D eigenvalue weighted by Crippen LogP contribution is -2.27. The van der Waals surface area contributed by atoms with Gasteiger partial charge in [0.1, 0.15) is 0 Å². The quantitative estimate of drug-likeness (QED) is 0.658. The Morgan fingerprint density at radius 1 is 1.35 bits per heavy atom. The highest BCUT2D eigenvalue weighted by Gasteiger charge is 2.18. The fourth-order valence-corrected chi connectivity index (χ4v) is 1.29. The second kappa shape index (κ2) is 5.91. The number of alkyl halides is 1. The molecule has 0 saturated heterocycles. The van der Waals surface area contributed by atoms with E-state index < -0.39 is 28.9 Å². The Balaban J connectivity index is 2.73. The van der Waals surface area contributed by atoms with Gasteiger partial charge in [-0.2, -0.15) is 0 Å². The lowest BCUT2D eigenvalue weighted by atomic mass is 10.2. The van der Waals surface area contributed by atoms with Crippen LogP contribution in [0.4, 0.5) is 13.2 Å². The summed E-state index contributed by atoms with van der Waals surface area (Å²) in [6.45, 7) is 1.98. The van der Waals surface area contributed by atoms with Gasteiger partial charge in [-0.15, -0.1) is 11.6 Å². The Morgan fingerprint density at radius 3 is 2.59 bits per heavy atom. The van der Waals surface area contributed by atoms with Crippen LogP contribution in [-0.2, 0) is 0 Å². The second-order valence-electron chi connectivity index (χ2n) is 3.55. The van der Waals surface area contributed by atoms with E-state index in [9.17, 15) is 18.0 Å². The molecule has 0 heterocycles. The Morgan fingerprint density at radius 2 is 2.00 bits per heavy atom. The molecule has 1 aromatic carbocycles. The third-order valence-corrected chi connectivity index (χ3v) is 2.33. The summed E-state index contributed by atoms with van der Waals surface area (Å²) in [5.41, 5.74) is -0.522. The highest BCUT2D eigenvalue weighted by molar-refractivity contribution is 6.20. The van der Waals surface area contributed by atoms with E-state index in [2.05, 4.69) is 5.32 Å². The van der Waals surface area contributed by atoms with E-state index in [1.165, 1.54) is 0 Å². The molecule has 0 spiro atoms. The molecule has 0 aliphatic heterocycles. The number of hydrogen-bond donors (Lipinski definition) is 1. The number of amides is 1. The van der Waals surface area contributed by atoms with Gasteiger partial charge in [0.2, 0.25) is 0 Å². The molecule has 1 aromatic rings. The average Bonchev–Trinajstić information content (AvgIpc) is 2.25. The van der Waals surface area contributed by atoms with Gasteiger partial charge in [-0.25, -0.2) is 13.2 Å². The maximum Gasteiger partial charge on any atom is 0.254 e. The summed E-state index contributed by atoms with van der Waals surface area (Å²) >= 11 is 5.65. The molecule has 2 nitrogen and oxygen atoms in total. The topological polar surface area (TPSA) is 29.1 Å². The van der Waals surface area contributed by atoms with Gasteiger partial charge in [-0.3, -0.25) is 4.79 Å². The third-order valence-electron chi connectivity index (χ3n) is 2.11. The third kappa shape index (κ3) is 3.63. The van der Waals surface area contributed by atoms with Gasteiger partial charge >= 0.3 is 0 Å². The van der Waals surface area contributed by atoms with Crippen LogP contribution >= 0.6 is 11.6 Å². The van der Waals surface area contributed by atoms with Crippen molar-refractivity contribution in [3.05, 3.63) is 35.1 Å². The van der Waals surface area contributed by atoms with E-state index in [1.54, 1.807) is 6.92 Å². The average molecular weight is 266 g/mol. The van der Waals surface area contributed by atoms with E-state index in [0.29, 0.717) is 12.5 Å². The first-order chi connectivity index (χ1) is 7.93. The van der Waals surface area contributed by atoms with Crippen molar-refractivity contribution in [3.63, 3.8) is 0 Å². The van der Waals surface area contributed by atoms with Crippen molar-refractivity contribution < 1.29 is 18.0 Å². The van der Waals surface area contributed by atoms with Crippen molar-refractivity contribution in [2.24, 2.45) is 0 Å².